The van der Waals surface area contributed by atoms with Crippen LogP contribution in [0.25, 0.3) is 0 Å². The Labute approximate surface area is 297 Å². The lowest BCUT2D eigenvalue weighted by molar-refractivity contribution is -0.171. The maximum atomic E-state index is 13.5. The Bertz CT molecular complexity index is 1800. The third-order valence-electron chi connectivity index (χ3n) is 11.6. The van der Waals surface area contributed by atoms with Gasteiger partial charge in [-0.15, -0.1) is 0 Å². The van der Waals surface area contributed by atoms with Gasteiger partial charge in [0.25, 0.3) is 11.8 Å². The van der Waals surface area contributed by atoms with Crippen LogP contribution in [0.2, 0.25) is 5.02 Å². The highest BCUT2D eigenvalue weighted by Gasteiger charge is 2.47. The van der Waals surface area contributed by atoms with Gasteiger partial charge in [0.15, 0.2) is 0 Å². The zero-order valence-electron chi connectivity index (χ0n) is 28.4. The van der Waals surface area contributed by atoms with Gasteiger partial charge in [0.1, 0.15) is 12.4 Å². The first-order valence-corrected chi connectivity index (χ1v) is 19.5. The van der Waals surface area contributed by atoms with E-state index in [0.29, 0.717) is 42.6 Å². The molecule has 1 saturated carbocycles. The summed E-state index contributed by atoms with van der Waals surface area (Å²) in [5.41, 5.74) is 2.99. The second-order valence-corrected chi connectivity index (χ2v) is 17.5. The molecule has 2 amide bonds. The topological polar surface area (TPSA) is 105 Å². The van der Waals surface area contributed by atoms with E-state index in [-0.39, 0.29) is 35.3 Å². The molecule has 3 heterocycles. The molecule has 2 aromatic carbocycles. The van der Waals surface area contributed by atoms with Crippen molar-refractivity contribution in [3.8, 4) is 5.75 Å². The van der Waals surface area contributed by atoms with E-state index in [2.05, 4.69) is 15.7 Å². The number of sulfonamides is 1. The van der Waals surface area contributed by atoms with E-state index in [1.165, 1.54) is 11.1 Å². The molecule has 1 saturated heterocycles. The first-order valence-electron chi connectivity index (χ1n) is 17.5. The van der Waals surface area contributed by atoms with Crippen molar-refractivity contribution in [3.63, 3.8) is 0 Å². The molecule has 0 unspecified atom stereocenters. The van der Waals surface area contributed by atoms with Crippen molar-refractivity contribution in [3.05, 3.63) is 70.3 Å². The highest BCUT2D eigenvalue weighted by Crippen LogP contribution is 2.47. The Morgan fingerprint density at radius 2 is 1.92 bits per heavy atom. The molecular weight excluding hydrogens is 688 g/mol. The van der Waals surface area contributed by atoms with E-state index in [1.54, 1.807) is 25.1 Å². The number of alkyl halides is 2. The van der Waals surface area contributed by atoms with Crippen molar-refractivity contribution in [2.75, 3.05) is 44.3 Å². The summed E-state index contributed by atoms with van der Waals surface area (Å²) in [5.74, 6) is -3.55. The van der Waals surface area contributed by atoms with E-state index < -0.39 is 52.2 Å². The van der Waals surface area contributed by atoms with E-state index in [4.69, 9.17) is 21.1 Å². The molecule has 6 atom stereocenters. The number of halogens is 3. The normalized spacial score (nSPS) is 32.3. The Kier molecular flexibility index (Phi) is 9.43. The second-order valence-electron chi connectivity index (χ2n) is 15.0. The van der Waals surface area contributed by atoms with Crippen molar-refractivity contribution in [2.45, 2.75) is 75.1 Å². The van der Waals surface area contributed by atoms with Crippen LogP contribution in [0.1, 0.15) is 67.4 Å². The number of nitrogens with zero attached hydrogens (tertiary/aromatic N) is 2. The molecule has 9 nitrogen and oxygen atoms in total. The van der Waals surface area contributed by atoms with Crippen LogP contribution in [0.5, 0.6) is 5.75 Å². The van der Waals surface area contributed by atoms with Gasteiger partial charge < -0.3 is 19.3 Å². The summed E-state index contributed by atoms with van der Waals surface area (Å²) in [5, 5.41) is -0.189. The maximum Gasteiger partial charge on any atom is 0.282 e. The van der Waals surface area contributed by atoms with Crippen LogP contribution in [0.4, 0.5) is 14.5 Å². The SMILES string of the molecule is C[C@@H]1[C@@H](C)C/C=C\[C@H](OCC(=O)N2CC(F)(F)C2)[C@@H]2CC[C@H]2CN2C[C@@]3(CCCc4cc(Cl)ccc43)COc3ccc(cc32)C(=O)NS1(=O)=O. The number of ether oxygens (including phenoxy) is 2. The number of rotatable bonds is 3. The van der Waals surface area contributed by atoms with Crippen LogP contribution in [0.3, 0.4) is 0 Å². The molecular formula is C37H44ClF2N3O6S. The Hall–Kier alpha value is -3.22. The minimum Gasteiger partial charge on any atom is -0.490 e. The first-order chi connectivity index (χ1) is 23.7. The monoisotopic (exact) mass is 731 g/mol. The van der Waals surface area contributed by atoms with Gasteiger partial charge in [0, 0.05) is 29.1 Å². The fourth-order valence-electron chi connectivity index (χ4n) is 8.27. The molecule has 2 fully saturated rings. The van der Waals surface area contributed by atoms with Crippen LogP contribution in [0, 0.1) is 17.8 Å². The van der Waals surface area contributed by atoms with Crippen LogP contribution in [-0.2, 0) is 31.4 Å². The Morgan fingerprint density at radius 3 is 2.66 bits per heavy atom. The lowest BCUT2D eigenvalue weighted by Crippen LogP contribution is -2.59. The number of hydrogen-bond acceptors (Lipinski definition) is 7. The standard InChI is InChI=1S/C37H44ClF2N3O6S/c1-23-5-3-7-32(48-18-34(44)43-20-37(39,40)21-43)29-11-8-27(29)17-42-19-36(14-4-6-25-15-28(38)10-12-30(25)36)22-49-33-13-9-26(16-31(33)42)35(45)41-50(46,47)24(23)2/h3,7,9-10,12-13,15-16,23-24,27,29,32H,4-6,8,11,14,17-22H2,1-2H3,(H,41,45)/b7-3-/t23-,24+,27-,29+,32-,36-/m0/s1. The van der Waals surface area contributed by atoms with Gasteiger partial charge in [0.2, 0.25) is 15.9 Å². The molecule has 50 heavy (non-hydrogen) atoms. The van der Waals surface area contributed by atoms with Crippen molar-refractivity contribution in [1.29, 1.82) is 0 Å². The van der Waals surface area contributed by atoms with E-state index in [0.717, 1.165) is 37.0 Å². The van der Waals surface area contributed by atoms with Gasteiger partial charge in [-0.2, -0.15) is 0 Å². The van der Waals surface area contributed by atoms with Crippen LogP contribution >= 0.6 is 11.6 Å². The Balaban J connectivity index is 1.24. The third kappa shape index (κ3) is 6.87. The zero-order chi connectivity index (χ0) is 35.4. The third-order valence-corrected chi connectivity index (χ3v) is 13.8. The lowest BCUT2D eigenvalue weighted by Gasteiger charge is -2.46. The van der Waals surface area contributed by atoms with Gasteiger partial charge in [-0.25, -0.2) is 21.9 Å². The first kappa shape index (κ1) is 35.2. The summed E-state index contributed by atoms with van der Waals surface area (Å²) in [6.45, 7) is 3.53. The smallest absolute Gasteiger partial charge is 0.282 e. The molecule has 7 rings (SSSR count). The minimum atomic E-state index is -4.03. The number of amides is 2. The number of fused-ring (bicyclic) bond motifs is 4. The molecule has 0 aromatic heterocycles. The van der Waals surface area contributed by atoms with Gasteiger partial charge in [-0.05, 0) is 105 Å². The second kappa shape index (κ2) is 13.4. The van der Waals surface area contributed by atoms with Crippen LogP contribution in [0.15, 0.2) is 48.6 Å². The predicted octanol–water partition coefficient (Wildman–Crippen LogP) is 5.75. The number of hydrogen-bond donors (Lipinski definition) is 1. The van der Waals surface area contributed by atoms with Crippen molar-refractivity contribution in [1.82, 2.24) is 9.62 Å². The number of benzene rings is 2. The molecule has 2 aromatic rings. The van der Waals surface area contributed by atoms with E-state index >= 15 is 0 Å². The average Bonchev–Trinajstić information content (AvgIpc) is 3.19. The number of carbonyl (C=O) groups excluding carboxylic acids is 2. The van der Waals surface area contributed by atoms with Gasteiger partial charge in [-0.3, -0.25) is 9.59 Å². The summed E-state index contributed by atoms with van der Waals surface area (Å²) < 4.78 is 68.8. The Morgan fingerprint density at radius 1 is 1.12 bits per heavy atom. The minimum absolute atomic E-state index is 0.0359. The molecule has 3 aliphatic heterocycles. The quantitative estimate of drug-likeness (QED) is 0.402. The van der Waals surface area contributed by atoms with Crippen molar-refractivity contribution >= 4 is 39.1 Å². The molecule has 0 radical (unpaired) electrons. The molecule has 13 heteroatoms. The predicted molar refractivity (Wildman–Crippen MR) is 186 cm³/mol. The number of anilines is 1. The summed E-state index contributed by atoms with van der Waals surface area (Å²) in [6.07, 6.45) is 8.26. The summed E-state index contributed by atoms with van der Waals surface area (Å²) >= 11 is 6.42. The number of carbonyl (C=O) groups is 2. The molecule has 2 bridgehead atoms. The van der Waals surface area contributed by atoms with E-state index in [9.17, 15) is 26.8 Å². The summed E-state index contributed by atoms with van der Waals surface area (Å²) in [6, 6.07) is 11.1. The maximum absolute atomic E-state index is 13.5. The fourth-order valence-corrected chi connectivity index (χ4v) is 9.75. The number of allylic oxidation sites excluding steroid dienone is 1. The highest BCUT2D eigenvalue weighted by molar-refractivity contribution is 7.90. The number of aryl methyl sites for hydroxylation is 1. The molecule has 270 valence electrons. The fraction of sp³-hybridized carbons (Fsp3) is 0.568. The summed E-state index contributed by atoms with van der Waals surface area (Å²) in [4.78, 5) is 29.6. The van der Waals surface area contributed by atoms with Gasteiger partial charge in [0.05, 0.1) is 36.7 Å². The van der Waals surface area contributed by atoms with E-state index in [1.807, 2.05) is 31.2 Å². The van der Waals surface area contributed by atoms with Gasteiger partial charge >= 0.3 is 0 Å². The summed E-state index contributed by atoms with van der Waals surface area (Å²) in [7, 11) is -4.03. The molecule has 5 aliphatic rings. The molecule has 1 N–H and O–H groups in total. The van der Waals surface area contributed by atoms with Crippen LogP contribution < -0.4 is 14.4 Å². The molecule has 1 spiro atoms. The average molecular weight is 732 g/mol. The largest absolute Gasteiger partial charge is 0.490 e. The highest BCUT2D eigenvalue weighted by atomic mass is 35.5. The number of likely N-dealkylation sites (tertiary alicyclic amines) is 1. The van der Waals surface area contributed by atoms with Crippen molar-refractivity contribution in [2.24, 2.45) is 17.8 Å². The number of nitrogens with one attached hydrogen (secondary N) is 1. The van der Waals surface area contributed by atoms with Crippen molar-refractivity contribution < 1.29 is 36.3 Å². The van der Waals surface area contributed by atoms with Crippen LogP contribution in [-0.4, -0.2) is 81.8 Å². The lowest BCUT2D eigenvalue weighted by atomic mass is 9.68. The molecule has 2 aliphatic carbocycles. The zero-order valence-corrected chi connectivity index (χ0v) is 29.9. The van der Waals surface area contributed by atoms with Gasteiger partial charge in [-0.1, -0.05) is 36.7 Å².